The Hall–Kier alpha value is -1.88. The number of aromatic hydroxyl groups is 1. The number of halogens is 2. The predicted octanol–water partition coefficient (Wildman–Crippen LogP) is 3.66. The molecule has 2 N–H and O–H groups in total. The number of rotatable bonds is 2. The molecule has 0 radical (unpaired) electrons. The molecule has 0 aliphatic heterocycles. The number of benzene rings is 2. The van der Waals surface area contributed by atoms with E-state index < -0.39 is 11.8 Å². The zero-order chi connectivity index (χ0) is 13.3. The summed E-state index contributed by atoms with van der Waals surface area (Å²) in [5.41, 5.74) is 0.405. The van der Waals surface area contributed by atoms with Crippen LogP contribution in [0.4, 0.5) is 4.39 Å². The standard InChI is InChI=1S/C13H8BrFO3/c14-8-2-3-11(15)9(6-8)7-1-4-12(16)10(5-7)13(17)18/h1-6,16H,(H,17,18). The minimum absolute atomic E-state index is 0.258. The molecule has 3 nitrogen and oxygen atoms in total. The third-order valence-electron chi connectivity index (χ3n) is 2.47. The van der Waals surface area contributed by atoms with Crippen molar-refractivity contribution < 1.29 is 19.4 Å². The quantitative estimate of drug-likeness (QED) is 0.890. The van der Waals surface area contributed by atoms with E-state index in [1.54, 1.807) is 12.1 Å². The van der Waals surface area contributed by atoms with Gasteiger partial charge in [0.1, 0.15) is 17.1 Å². The molecule has 0 unspecified atom stereocenters. The van der Waals surface area contributed by atoms with Gasteiger partial charge in [0, 0.05) is 10.0 Å². The van der Waals surface area contributed by atoms with Crippen molar-refractivity contribution in [3.63, 3.8) is 0 Å². The maximum atomic E-state index is 13.7. The van der Waals surface area contributed by atoms with E-state index in [1.807, 2.05) is 0 Å². The van der Waals surface area contributed by atoms with Gasteiger partial charge in [0.15, 0.2) is 0 Å². The highest BCUT2D eigenvalue weighted by molar-refractivity contribution is 9.10. The minimum Gasteiger partial charge on any atom is -0.507 e. The van der Waals surface area contributed by atoms with Crippen LogP contribution in [0.25, 0.3) is 11.1 Å². The Morgan fingerprint density at radius 1 is 1.17 bits per heavy atom. The molecule has 0 atom stereocenters. The average molecular weight is 311 g/mol. The summed E-state index contributed by atoms with van der Waals surface area (Å²) >= 11 is 3.22. The lowest BCUT2D eigenvalue weighted by molar-refractivity contribution is 0.0694. The van der Waals surface area contributed by atoms with Gasteiger partial charge in [-0.25, -0.2) is 9.18 Å². The predicted molar refractivity (Wildman–Crippen MR) is 68.2 cm³/mol. The molecule has 0 saturated heterocycles. The number of carbonyl (C=O) groups is 1. The molecule has 0 spiro atoms. The Balaban J connectivity index is 2.61. The lowest BCUT2D eigenvalue weighted by Gasteiger charge is -2.06. The fraction of sp³-hybridized carbons (Fsp3) is 0. The molecule has 18 heavy (non-hydrogen) atoms. The summed E-state index contributed by atoms with van der Waals surface area (Å²) in [4.78, 5) is 10.9. The van der Waals surface area contributed by atoms with Crippen LogP contribution < -0.4 is 0 Å². The van der Waals surface area contributed by atoms with Gasteiger partial charge in [0.2, 0.25) is 0 Å². The summed E-state index contributed by atoms with van der Waals surface area (Å²) in [5.74, 6) is -2.06. The molecule has 0 heterocycles. The fourth-order valence-corrected chi connectivity index (χ4v) is 1.95. The zero-order valence-corrected chi connectivity index (χ0v) is 10.6. The highest BCUT2D eigenvalue weighted by atomic mass is 79.9. The van der Waals surface area contributed by atoms with Crippen molar-refractivity contribution in [3.05, 3.63) is 52.3 Å². The van der Waals surface area contributed by atoms with Gasteiger partial charge in [0.25, 0.3) is 0 Å². The lowest BCUT2D eigenvalue weighted by atomic mass is 10.0. The molecule has 0 amide bonds. The van der Waals surface area contributed by atoms with Gasteiger partial charge in [-0.05, 0) is 35.9 Å². The Bertz CT molecular complexity index is 626. The van der Waals surface area contributed by atoms with Gasteiger partial charge >= 0.3 is 5.97 Å². The van der Waals surface area contributed by atoms with Crippen LogP contribution in [0.3, 0.4) is 0 Å². The smallest absolute Gasteiger partial charge is 0.339 e. The summed E-state index contributed by atoms with van der Waals surface area (Å²) in [5, 5.41) is 18.3. The third kappa shape index (κ3) is 2.36. The highest BCUT2D eigenvalue weighted by Gasteiger charge is 2.13. The molecule has 0 aliphatic rings. The van der Waals surface area contributed by atoms with Gasteiger partial charge in [-0.15, -0.1) is 0 Å². The summed E-state index contributed by atoms with van der Waals surface area (Å²) in [6.45, 7) is 0. The van der Waals surface area contributed by atoms with E-state index in [0.29, 0.717) is 10.0 Å². The van der Waals surface area contributed by atoms with Crippen LogP contribution in [-0.4, -0.2) is 16.2 Å². The first-order valence-electron chi connectivity index (χ1n) is 5.01. The van der Waals surface area contributed by atoms with Crippen molar-refractivity contribution in [2.45, 2.75) is 0 Å². The molecule has 0 bridgehead atoms. The maximum absolute atomic E-state index is 13.7. The van der Waals surface area contributed by atoms with E-state index in [9.17, 15) is 14.3 Å². The number of hydrogen-bond donors (Lipinski definition) is 2. The Morgan fingerprint density at radius 3 is 2.56 bits per heavy atom. The Morgan fingerprint density at radius 2 is 1.89 bits per heavy atom. The van der Waals surface area contributed by atoms with Crippen LogP contribution in [-0.2, 0) is 0 Å². The lowest BCUT2D eigenvalue weighted by Crippen LogP contribution is -1.97. The summed E-state index contributed by atoms with van der Waals surface area (Å²) in [6, 6.07) is 8.33. The molecule has 0 fully saturated rings. The van der Waals surface area contributed by atoms with Gasteiger partial charge in [-0.1, -0.05) is 22.0 Å². The number of hydrogen-bond acceptors (Lipinski definition) is 2. The van der Waals surface area contributed by atoms with Crippen molar-refractivity contribution in [1.29, 1.82) is 0 Å². The van der Waals surface area contributed by atoms with Crippen LogP contribution in [0.5, 0.6) is 5.75 Å². The SMILES string of the molecule is O=C(O)c1cc(-c2cc(Br)ccc2F)ccc1O. The van der Waals surface area contributed by atoms with E-state index in [-0.39, 0.29) is 16.9 Å². The van der Waals surface area contributed by atoms with Crippen molar-refractivity contribution in [1.82, 2.24) is 0 Å². The fourth-order valence-electron chi connectivity index (χ4n) is 1.59. The second-order valence-electron chi connectivity index (χ2n) is 3.66. The second-order valence-corrected chi connectivity index (χ2v) is 4.58. The van der Waals surface area contributed by atoms with Gasteiger partial charge in [-0.2, -0.15) is 0 Å². The Labute approximate surface area is 111 Å². The number of carboxylic acid groups (broad SMARTS) is 1. The molecule has 2 rings (SSSR count). The molecule has 2 aromatic rings. The average Bonchev–Trinajstić information content (AvgIpc) is 2.33. The van der Waals surface area contributed by atoms with Crippen molar-refractivity contribution >= 4 is 21.9 Å². The van der Waals surface area contributed by atoms with E-state index in [4.69, 9.17) is 5.11 Å². The van der Waals surface area contributed by atoms with Crippen molar-refractivity contribution in [2.24, 2.45) is 0 Å². The van der Waals surface area contributed by atoms with E-state index >= 15 is 0 Å². The van der Waals surface area contributed by atoms with Crippen LogP contribution in [0.15, 0.2) is 40.9 Å². The first-order chi connectivity index (χ1) is 8.49. The summed E-state index contributed by atoms with van der Waals surface area (Å²) in [6.07, 6.45) is 0. The van der Waals surface area contributed by atoms with E-state index in [2.05, 4.69) is 15.9 Å². The van der Waals surface area contributed by atoms with Crippen LogP contribution >= 0.6 is 15.9 Å². The molecular formula is C13H8BrFO3. The van der Waals surface area contributed by atoms with Crippen LogP contribution in [0, 0.1) is 5.82 Å². The first-order valence-corrected chi connectivity index (χ1v) is 5.80. The topological polar surface area (TPSA) is 57.5 Å². The van der Waals surface area contributed by atoms with Crippen molar-refractivity contribution in [2.75, 3.05) is 0 Å². The Kier molecular flexibility index (Phi) is 3.34. The van der Waals surface area contributed by atoms with Gasteiger partial charge < -0.3 is 10.2 Å². The number of phenols is 1. The second kappa shape index (κ2) is 4.78. The van der Waals surface area contributed by atoms with E-state index in [0.717, 1.165) is 0 Å². The van der Waals surface area contributed by atoms with Crippen molar-refractivity contribution in [3.8, 4) is 16.9 Å². The summed E-state index contributed by atoms with van der Waals surface area (Å²) < 4.78 is 14.3. The van der Waals surface area contributed by atoms with E-state index in [1.165, 1.54) is 24.3 Å². The maximum Gasteiger partial charge on any atom is 0.339 e. The largest absolute Gasteiger partial charge is 0.507 e. The molecule has 0 saturated carbocycles. The zero-order valence-electron chi connectivity index (χ0n) is 9.02. The molecule has 2 aromatic carbocycles. The third-order valence-corrected chi connectivity index (χ3v) is 2.96. The molecule has 5 heteroatoms. The monoisotopic (exact) mass is 310 g/mol. The van der Waals surface area contributed by atoms with Gasteiger partial charge in [0.05, 0.1) is 0 Å². The molecule has 0 aromatic heterocycles. The number of carboxylic acids is 1. The van der Waals surface area contributed by atoms with Crippen LogP contribution in [0.1, 0.15) is 10.4 Å². The molecule has 0 aliphatic carbocycles. The molecular weight excluding hydrogens is 303 g/mol. The van der Waals surface area contributed by atoms with Gasteiger partial charge in [-0.3, -0.25) is 0 Å². The number of aromatic carboxylic acids is 1. The molecule has 92 valence electrons. The van der Waals surface area contributed by atoms with Crippen LogP contribution in [0.2, 0.25) is 0 Å². The highest BCUT2D eigenvalue weighted by Crippen LogP contribution is 2.29. The first kappa shape index (κ1) is 12.6. The summed E-state index contributed by atoms with van der Waals surface area (Å²) in [7, 11) is 0. The minimum atomic E-state index is -1.26. The normalized spacial score (nSPS) is 10.3.